The van der Waals surface area contributed by atoms with Gasteiger partial charge < -0.3 is 14.5 Å². The van der Waals surface area contributed by atoms with Gasteiger partial charge in [-0.25, -0.2) is 4.79 Å². The molecule has 0 aromatic carbocycles. The maximum Gasteiger partial charge on any atom is 0.325 e. The van der Waals surface area contributed by atoms with Crippen molar-refractivity contribution in [2.24, 2.45) is 0 Å². The van der Waals surface area contributed by atoms with Crippen LogP contribution >= 0.6 is 0 Å². The molecular formula is C8H12N2O4. The van der Waals surface area contributed by atoms with E-state index in [0.717, 1.165) is 13.2 Å². The van der Waals surface area contributed by atoms with Crippen molar-refractivity contribution in [1.82, 2.24) is 9.97 Å². The molecule has 0 radical (unpaired) electrons. The van der Waals surface area contributed by atoms with Crippen molar-refractivity contribution >= 4 is 0 Å². The van der Waals surface area contributed by atoms with E-state index in [4.69, 9.17) is 9.47 Å². The Bertz CT molecular complexity index is 370. The zero-order valence-corrected chi connectivity index (χ0v) is 7.83. The van der Waals surface area contributed by atoms with Crippen LogP contribution in [0, 0.1) is 6.92 Å². The van der Waals surface area contributed by atoms with E-state index in [1.54, 1.807) is 6.92 Å². The molecule has 1 aromatic rings. The summed E-state index contributed by atoms with van der Waals surface area (Å²) in [5.74, 6) is 0. The highest BCUT2D eigenvalue weighted by atomic mass is 16.7. The minimum atomic E-state index is -0.467. The summed E-state index contributed by atoms with van der Waals surface area (Å²) in [5.41, 5.74) is -0.293. The average molecular weight is 200 g/mol. The molecule has 1 aromatic heterocycles. The summed E-state index contributed by atoms with van der Waals surface area (Å²) in [4.78, 5) is 25.3. The summed E-state index contributed by atoms with van der Waals surface area (Å²) in [7, 11) is 0. The SMILES string of the molecule is C1COCO1.Cc1c[nH]c(=O)[nH]c1=O. The smallest absolute Gasteiger partial charge is 0.325 e. The van der Waals surface area contributed by atoms with Crippen molar-refractivity contribution < 1.29 is 9.47 Å². The second-order valence-electron chi connectivity index (χ2n) is 2.69. The molecule has 2 heterocycles. The largest absolute Gasteiger partial charge is 0.353 e. The van der Waals surface area contributed by atoms with Crippen LogP contribution in [0.4, 0.5) is 0 Å². The molecule has 1 aliphatic rings. The minimum absolute atomic E-state index is 0.334. The van der Waals surface area contributed by atoms with Crippen LogP contribution in [0.2, 0.25) is 0 Å². The van der Waals surface area contributed by atoms with Gasteiger partial charge in [0.15, 0.2) is 0 Å². The molecule has 0 spiro atoms. The monoisotopic (exact) mass is 200 g/mol. The molecule has 0 aliphatic carbocycles. The standard InChI is InChI=1S/C5H6N2O2.C3H6O2/c1-3-2-6-5(9)7-4(3)8;1-2-5-3-4-1/h2H,1H3,(H2,6,7,8,9);1-3H2. The fourth-order valence-electron chi connectivity index (χ4n) is 0.772. The van der Waals surface area contributed by atoms with Gasteiger partial charge in [-0.3, -0.25) is 9.78 Å². The number of nitrogens with one attached hydrogen (secondary N) is 2. The van der Waals surface area contributed by atoms with E-state index in [1.807, 2.05) is 0 Å². The van der Waals surface area contributed by atoms with Gasteiger partial charge in [0.2, 0.25) is 0 Å². The zero-order valence-electron chi connectivity index (χ0n) is 7.83. The van der Waals surface area contributed by atoms with Crippen molar-refractivity contribution in [3.63, 3.8) is 0 Å². The van der Waals surface area contributed by atoms with Gasteiger partial charge in [-0.2, -0.15) is 0 Å². The maximum absolute atomic E-state index is 10.6. The van der Waals surface area contributed by atoms with Crippen LogP contribution < -0.4 is 11.2 Å². The highest BCUT2D eigenvalue weighted by Crippen LogP contribution is 1.85. The van der Waals surface area contributed by atoms with Crippen molar-refractivity contribution in [2.75, 3.05) is 20.0 Å². The number of H-pyrrole nitrogens is 2. The van der Waals surface area contributed by atoms with Gasteiger partial charge in [0.05, 0.1) is 13.2 Å². The van der Waals surface area contributed by atoms with Gasteiger partial charge in [-0.1, -0.05) is 0 Å². The Morgan fingerprint density at radius 1 is 1.29 bits per heavy atom. The van der Waals surface area contributed by atoms with E-state index in [9.17, 15) is 9.59 Å². The number of aryl methyl sites for hydroxylation is 1. The Kier molecular flexibility index (Phi) is 4.09. The van der Waals surface area contributed by atoms with Gasteiger partial charge >= 0.3 is 5.69 Å². The first-order valence-electron chi connectivity index (χ1n) is 4.14. The van der Waals surface area contributed by atoms with E-state index < -0.39 is 5.69 Å². The molecule has 1 saturated heterocycles. The molecule has 2 N–H and O–H groups in total. The second kappa shape index (κ2) is 5.36. The fourth-order valence-corrected chi connectivity index (χ4v) is 0.772. The summed E-state index contributed by atoms with van der Waals surface area (Å²) in [6, 6.07) is 0. The summed E-state index contributed by atoms with van der Waals surface area (Å²) in [6.45, 7) is 3.68. The average Bonchev–Trinajstić information content (AvgIpc) is 2.69. The predicted molar refractivity (Wildman–Crippen MR) is 49.2 cm³/mol. The number of aromatic amines is 2. The van der Waals surface area contributed by atoms with Crippen molar-refractivity contribution in [1.29, 1.82) is 0 Å². The third-order valence-electron chi connectivity index (χ3n) is 1.54. The first-order chi connectivity index (χ1) is 6.70. The normalized spacial score (nSPS) is 14.6. The highest BCUT2D eigenvalue weighted by molar-refractivity contribution is 4.98. The first kappa shape index (κ1) is 10.7. The van der Waals surface area contributed by atoms with Crippen molar-refractivity contribution in [3.8, 4) is 0 Å². The molecule has 1 fully saturated rings. The van der Waals surface area contributed by atoms with Gasteiger partial charge in [0.1, 0.15) is 6.79 Å². The second-order valence-corrected chi connectivity index (χ2v) is 2.69. The van der Waals surface area contributed by atoms with Gasteiger partial charge in [0.25, 0.3) is 5.56 Å². The Morgan fingerprint density at radius 3 is 2.29 bits per heavy atom. The van der Waals surface area contributed by atoms with Crippen LogP contribution in [0.25, 0.3) is 0 Å². The summed E-state index contributed by atoms with van der Waals surface area (Å²) < 4.78 is 9.44. The molecule has 0 bridgehead atoms. The molecule has 6 nitrogen and oxygen atoms in total. The lowest BCUT2D eigenvalue weighted by atomic mass is 10.4. The number of ether oxygens (including phenoxy) is 2. The molecule has 14 heavy (non-hydrogen) atoms. The molecule has 6 heteroatoms. The number of hydrogen-bond acceptors (Lipinski definition) is 4. The summed E-state index contributed by atoms with van der Waals surface area (Å²) in [5, 5.41) is 0. The summed E-state index contributed by atoms with van der Waals surface area (Å²) >= 11 is 0. The van der Waals surface area contributed by atoms with Crippen LogP contribution in [0.15, 0.2) is 15.8 Å². The van der Waals surface area contributed by atoms with Crippen molar-refractivity contribution in [2.45, 2.75) is 6.92 Å². The lowest BCUT2D eigenvalue weighted by Gasteiger charge is -1.84. The molecule has 78 valence electrons. The van der Waals surface area contributed by atoms with E-state index >= 15 is 0 Å². The lowest BCUT2D eigenvalue weighted by Crippen LogP contribution is -2.22. The molecule has 0 unspecified atom stereocenters. The van der Waals surface area contributed by atoms with E-state index in [0.29, 0.717) is 12.4 Å². The van der Waals surface area contributed by atoms with Crippen LogP contribution in [0.3, 0.4) is 0 Å². The third-order valence-corrected chi connectivity index (χ3v) is 1.54. The van der Waals surface area contributed by atoms with Gasteiger partial charge in [-0.15, -0.1) is 0 Å². The van der Waals surface area contributed by atoms with Gasteiger partial charge in [0, 0.05) is 11.8 Å². The molecule has 0 saturated carbocycles. The maximum atomic E-state index is 10.6. The topological polar surface area (TPSA) is 84.2 Å². The Hall–Kier alpha value is -1.40. The molecule has 1 aliphatic heterocycles. The third kappa shape index (κ3) is 3.55. The highest BCUT2D eigenvalue weighted by Gasteiger charge is 1.93. The number of aromatic nitrogens is 2. The molecule has 0 amide bonds. The van der Waals surface area contributed by atoms with Gasteiger partial charge in [-0.05, 0) is 6.92 Å². The van der Waals surface area contributed by atoms with Crippen LogP contribution in [-0.4, -0.2) is 30.0 Å². The fraction of sp³-hybridized carbons (Fsp3) is 0.500. The van der Waals surface area contributed by atoms with Crippen molar-refractivity contribution in [3.05, 3.63) is 32.6 Å². The quantitative estimate of drug-likeness (QED) is 0.583. The van der Waals surface area contributed by atoms with Crippen LogP contribution in [0.1, 0.15) is 5.56 Å². The molecular weight excluding hydrogens is 188 g/mol. The van der Waals surface area contributed by atoms with E-state index in [-0.39, 0.29) is 5.56 Å². The summed E-state index contributed by atoms with van der Waals surface area (Å²) in [6.07, 6.45) is 1.38. The Labute approximate surface area is 79.9 Å². The number of rotatable bonds is 0. The predicted octanol–water partition coefficient (Wildman–Crippen LogP) is -0.638. The Morgan fingerprint density at radius 2 is 1.93 bits per heavy atom. The molecule has 2 rings (SSSR count). The van der Waals surface area contributed by atoms with Crippen LogP contribution in [-0.2, 0) is 9.47 Å². The number of hydrogen-bond donors (Lipinski definition) is 2. The zero-order chi connectivity index (χ0) is 10.4. The van der Waals surface area contributed by atoms with E-state index in [1.165, 1.54) is 6.20 Å². The van der Waals surface area contributed by atoms with E-state index in [2.05, 4.69) is 9.97 Å². The Balaban J connectivity index is 0.000000165. The van der Waals surface area contributed by atoms with Crippen LogP contribution in [0.5, 0.6) is 0 Å². The lowest BCUT2D eigenvalue weighted by molar-refractivity contribution is 0.0692. The molecule has 0 atom stereocenters. The minimum Gasteiger partial charge on any atom is -0.353 e. The first-order valence-corrected chi connectivity index (χ1v) is 4.14.